The molecule has 0 spiro atoms. The molecule has 1 aliphatic heterocycles. The summed E-state index contributed by atoms with van der Waals surface area (Å²) in [4.78, 5) is 26.2. The summed E-state index contributed by atoms with van der Waals surface area (Å²) in [5.41, 5.74) is 2.97. The molecule has 4 fully saturated rings. The Morgan fingerprint density at radius 1 is 1.22 bits per heavy atom. The normalized spacial score (nSPS) is 41.3. The zero-order valence-corrected chi connectivity index (χ0v) is 22.3. The second-order valence-corrected chi connectivity index (χ2v) is 12.8. The minimum absolute atomic E-state index is 0.00116. The molecule has 0 unspecified atom stereocenters. The fourth-order valence-corrected chi connectivity index (χ4v) is 9.06. The topological polar surface area (TPSA) is 92.0 Å². The van der Waals surface area contributed by atoms with Crippen LogP contribution in [-0.4, -0.2) is 54.5 Å². The van der Waals surface area contributed by atoms with Crippen molar-refractivity contribution in [3.8, 4) is 0 Å². The summed E-state index contributed by atoms with van der Waals surface area (Å²) < 4.78 is 11.3. The lowest BCUT2D eigenvalue weighted by Gasteiger charge is -2.59. The van der Waals surface area contributed by atoms with Gasteiger partial charge in [-0.2, -0.15) is 0 Å². The Labute approximate surface area is 219 Å². The maximum absolute atomic E-state index is 12.9. The van der Waals surface area contributed by atoms with Crippen molar-refractivity contribution in [3.63, 3.8) is 0 Å². The van der Waals surface area contributed by atoms with Crippen molar-refractivity contribution < 1.29 is 19.1 Å². The van der Waals surface area contributed by atoms with Gasteiger partial charge < -0.3 is 24.5 Å². The van der Waals surface area contributed by atoms with Gasteiger partial charge in [0.15, 0.2) is 0 Å². The molecule has 0 bridgehead atoms. The average Bonchev–Trinajstić information content (AvgIpc) is 3.26. The molecule has 1 aromatic heterocycles. The van der Waals surface area contributed by atoms with E-state index >= 15 is 0 Å². The van der Waals surface area contributed by atoms with Crippen molar-refractivity contribution in [2.75, 3.05) is 26.2 Å². The SMILES string of the molecule is C[C@]12CC[C@H](OC(=O)N3CCN[C@@H](CO)C3)C[C@H]1CC[C@H]1C3=CC[C@H](c4ccc(=O)oc4)[C@@]3(C)CC[C@@H]12. The predicted molar refractivity (Wildman–Crippen MR) is 140 cm³/mol. The van der Waals surface area contributed by atoms with Gasteiger partial charge in [-0.1, -0.05) is 25.5 Å². The van der Waals surface area contributed by atoms with Gasteiger partial charge in [0, 0.05) is 31.7 Å². The molecule has 2 heterocycles. The fourth-order valence-electron chi connectivity index (χ4n) is 9.06. The van der Waals surface area contributed by atoms with Crippen molar-refractivity contribution in [2.45, 2.75) is 83.3 Å². The van der Waals surface area contributed by atoms with Crippen LogP contribution in [0.4, 0.5) is 4.79 Å². The standard InChI is InChI=1S/C30H42N2O5/c1-29-11-9-22(37-28(35)32-14-13-31-21(16-32)17-33)15-20(29)4-5-23-25-7-6-24(19-3-8-27(34)36-18-19)30(25,2)12-10-26(23)29/h3,7-8,18,20-24,26,31,33H,4-6,9-17H2,1-2H3/t20-,21-,22+,23+,24-,26+,29+,30-/m1/s1. The van der Waals surface area contributed by atoms with Crippen LogP contribution in [0.15, 0.2) is 39.3 Å². The molecular formula is C30H42N2O5. The fraction of sp³-hybridized carbons (Fsp3) is 0.733. The molecule has 1 saturated heterocycles. The number of carbonyl (C=O) groups is 1. The summed E-state index contributed by atoms with van der Waals surface area (Å²) in [6, 6.07) is 3.47. The van der Waals surface area contributed by atoms with Gasteiger partial charge in [0.2, 0.25) is 0 Å². The van der Waals surface area contributed by atoms with Gasteiger partial charge >= 0.3 is 11.7 Å². The molecule has 2 N–H and O–H groups in total. The molecular weight excluding hydrogens is 468 g/mol. The molecule has 7 nitrogen and oxygen atoms in total. The number of allylic oxidation sites excluding steroid dienone is 2. The van der Waals surface area contributed by atoms with Gasteiger partial charge in [-0.3, -0.25) is 0 Å². The number of nitrogens with one attached hydrogen (secondary N) is 1. The highest BCUT2D eigenvalue weighted by atomic mass is 16.6. The van der Waals surface area contributed by atoms with E-state index in [1.54, 1.807) is 22.8 Å². The van der Waals surface area contributed by atoms with Gasteiger partial charge in [-0.25, -0.2) is 9.59 Å². The van der Waals surface area contributed by atoms with Gasteiger partial charge in [0.25, 0.3) is 0 Å². The first-order valence-corrected chi connectivity index (χ1v) is 14.4. The Balaban J connectivity index is 1.12. The van der Waals surface area contributed by atoms with E-state index in [-0.39, 0.29) is 35.9 Å². The molecule has 0 radical (unpaired) electrons. The third-order valence-electron chi connectivity index (χ3n) is 11.1. The van der Waals surface area contributed by atoms with Crippen LogP contribution in [0.3, 0.4) is 0 Å². The summed E-state index contributed by atoms with van der Waals surface area (Å²) in [5.74, 6) is 2.31. The van der Waals surface area contributed by atoms with Crippen LogP contribution in [0, 0.1) is 28.6 Å². The minimum atomic E-state index is -0.279. The van der Waals surface area contributed by atoms with Gasteiger partial charge in [-0.05, 0) is 97.5 Å². The highest BCUT2D eigenvalue weighted by Crippen LogP contribution is 2.67. The highest BCUT2D eigenvalue weighted by Gasteiger charge is 2.58. The van der Waals surface area contributed by atoms with E-state index in [1.807, 2.05) is 6.07 Å². The van der Waals surface area contributed by atoms with Crippen LogP contribution in [0.2, 0.25) is 0 Å². The number of piperazine rings is 1. The Bertz CT molecular complexity index is 1090. The first kappa shape index (κ1) is 25.2. The monoisotopic (exact) mass is 510 g/mol. The summed E-state index contributed by atoms with van der Waals surface area (Å²) in [5, 5.41) is 12.7. The van der Waals surface area contributed by atoms with Gasteiger partial charge in [0.05, 0.1) is 12.9 Å². The number of aliphatic hydroxyl groups excluding tert-OH is 1. The number of rotatable bonds is 3. The van der Waals surface area contributed by atoms with Crippen LogP contribution in [-0.2, 0) is 4.74 Å². The van der Waals surface area contributed by atoms with Crippen molar-refractivity contribution >= 4 is 6.09 Å². The molecule has 0 aromatic carbocycles. The lowest BCUT2D eigenvalue weighted by Crippen LogP contribution is -2.55. The molecule has 5 aliphatic rings. The molecule has 6 rings (SSSR count). The molecule has 37 heavy (non-hydrogen) atoms. The maximum atomic E-state index is 12.9. The molecule has 202 valence electrons. The Kier molecular flexibility index (Phi) is 6.51. The molecule has 1 aromatic rings. The Morgan fingerprint density at radius 2 is 2.08 bits per heavy atom. The van der Waals surface area contributed by atoms with Crippen molar-refractivity contribution in [3.05, 3.63) is 46.0 Å². The maximum Gasteiger partial charge on any atom is 0.410 e. The van der Waals surface area contributed by atoms with E-state index < -0.39 is 0 Å². The van der Waals surface area contributed by atoms with E-state index in [0.717, 1.165) is 31.2 Å². The largest absolute Gasteiger partial charge is 0.446 e. The third kappa shape index (κ3) is 4.26. The number of hydrogen-bond donors (Lipinski definition) is 2. The number of aliphatic hydroxyl groups is 1. The molecule has 7 heteroatoms. The molecule has 4 aliphatic carbocycles. The number of nitrogens with zero attached hydrogens (tertiary/aromatic N) is 1. The second-order valence-electron chi connectivity index (χ2n) is 12.8. The van der Waals surface area contributed by atoms with E-state index in [9.17, 15) is 14.7 Å². The average molecular weight is 511 g/mol. The lowest BCUT2D eigenvalue weighted by molar-refractivity contribution is -0.0876. The minimum Gasteiger partial charge on any atom is -0.446 e. The van der Waals surface area contributed by atoms with Crippen molar-refractivity contribution in [2.24, 2.45) is 28.6 Å². The summed E-state index contributed by atoms with van der Waals surface area (Å²) in [6.07, 6.45) is 12.9. The van der Waals surface area contributed by atoms with Crippen LogP contribution in [0.1, 0.15) is 76.7 Å². The lowest BCUT2D eigenvalue weighted by atomic mass is 9.46. The predicted octanol–water partition coefficient (Wildman–Crippen LogP) is 4.46. The molecule has 3 saturated carbocycles. The van der Waals surface area contributed by atoms with Crippen molar-refractivity contribution in [1.29, 1.82) is 0 Å². The van der Waals surface area contributed by atoms with Crippen LogP contribution in [0.5, 0.6) is 0 Å². The number of amides is 1. The van der Waals surface area contributed by atoms with Gasteiger partial charge in [-0.15, -0.1) is 0 Å². The van der Waals surface area contributed by atoms with E-state index in [2.05, 4.69) is 25.2 Å². The van der Waals surface area contributed by atoms with E-state index in [1.165, 1.54) is 25.7 Å². The van der Waals surface area contributed by atoms with Gasteiger partial charge in [0.1, 0.15) is 6.10 Å². The summed E-state index contributed by atoms with van der Waals surface area (Å²) in [6.45, 7) is 6.85. The quantitative estimate of drug-likeness (QED) is 0.584. The van der Waals surface area contributed by atoms with Crippen LogP contribution < -0.4 is 10.9 Å². The number of hydrogen-bond acceptors (Lipinski definition) is 6. The summed E-state index contributed by atoms with van der Waals surface area (Å²) >= 11 is 0. The first-order valence-electron chi connectivity index (χ1n) is 14.4. The Morgan fingerprint density at radius 3 is 2.86 bits per heavy atom. The smallest absolute Gasteiger partial charge is 0.410 e. The summed E-state index contributed by atoms with van der Waals surface area (Å²) in [7, 11) is 0. The highest BCUT2D eigenvalue weighted by molar-refractivity contribution is 5.68. The number of carbonyl (C=O) groups excluding carboxylic acids is 1. The number of fused-ring (bicyclic) bond motifs is 5. The third-order valence-corrected chi connectivity index (χ3v) is 11.1. The van der Waals surface area contributed by atoms with Crippen LogP contribution >= 0.6 is 0 Å². The molecule has 1 amide bonds. The Hall–Kier alpha value is -2.12. The van der Waals surface area contributed by atoms with E-state index in [4.69, 9.17) is 9.15 Å². The van der Waals surface area contributed by atoms with Crippen LogP contribution in [0.25, 0.3) is 0 Å². The zero-order chi connectivity index (χ0) is 25.8. The molecule has 8 atom stereocenters. The van der Waals surface area contributed by atoms with E-state index in [0.29, 0.717) is 48.7 Å². The van der Waals surface area contributed by atoms with Crippen molar-refractivity contribution in [1.82, 2.24) is 10.2 Å². The zero-order valence-electron chi connectivity index (χ0n) is 22.3. The second kappa shape index (κ2) is 9.57. The first-order chi connectivity index (χ1) is 17.8. The number of ether oxygens (including phenoxy) is 1.